The molecule has 0 radical (unpaired) electrons. The maximum absolute atomic E-state index is 5.94. The van der Waals surface area contributed by atoms with Gasteiger partial charge in [0.05, 0.1) is 10.7 Å². The monoisotopic (exact) mass is 203 g/mol. The van der Waals surface area contributed by atoms with Crippen molar-refractivity contribution in [2.75, 3.05) is 0 Å². The quantitative estimate of drug-likeness (QED) is 0.735. The van der Waals surface area contributed by atoms with Crippen LogP contribution in [0.2, 0.25) is 5.15 Å². The highest BCUT2D eigenvalue weighted by Crippen LogP contribution is 2.18. The van der Waals surface area contributed by atoms with E-state index in [4.69, 9.17) is 29.6 Å². The summed E-state index contributed by atoms with van der Waals surface area (Å²) >= 11 is 10.7. The fraction of sp³-hybridized carbons (Fsp3) is 0.429. The summed E-state index contributed by atoms with van der Waals surface area (Å²) < 4.78 is 1.62. The van der Waals surface area contributed by atoms with Crippen molar-refractivity contribution in [3.05, 3.63) is 16.4 Å². The van der Waals surface area contributed by atoms with Crippen LogP contribution in [0.15, 0.2) is 0 Å². The van der Waals surface area contributed by atoms with Crippen LogP contribution in [0.4, 0.5) is 0 Å². The van der Waals surface area contributed by atoms with Crippen molar-refractivity contribution in [2.24, 2.45) is 12.8 Å². The minimum Gasteiger partial charge on any atom is -0.393 e. The Morgan fingerprint density at radius 2 is 2.33 bits per heavy atom. The van der Waals surface area contributed by atoms with Gasteiger partial charge in [-0.2, -0.15) is 5.10 Å². The van der Waals surface area contributed by atoms with E-state index < -0.39 is 0 Å². The Kier molecular flexibility index (Phi) is 2.69. The van der Waals surface area contributed by atoms with Crippen molar-refractivity contribution >= 4 is 28.8 Å². The van der Waals surface area contributed by atoms with E-state index in [0.29, 0.717) is 16.6 Å². The zero-order chi connectivity index (χ0) is 9.30. The number of rotatable bonds is 2. The summed E-state index contributed by atoms with van der Waals surface area (Å²) in [5, 5.41) is 4.74. The van der Waals surface area contributed by atoms with Crippen LogP contribution in [0.25, 0.3) is 0 Å². The van der Waals surface area contributed by atoms with Crippen LogP contribution in [0.3, 0.4) is 0 Å². The first-order valence-corrected chi connectivity index (χ1v) is 4.27. The Bertz CT molecular complexity index is 319. The number of aromatic nitrogens is 2. The summed E-state index contributed by atoms with van der Waals surface area (Å²) in [7, 11) is 1.79. The van der Waals surface area contributed by atoms with Gasteiger partial charge in [0.15, 0.2) is 0 Å². The number of hydrogen-bond donors (Lipinski definition) is 1. The fourth-order valence-electron chi connectivity index (χ4n) is 1.05. The SMILES string of the molecule is Cc1nn(C)c(Cl)c1CC(N)=S. The van der Waals surface area contributed by atoms with Crippen molar-refractivity contribution in [3.63, 3.8) is 0 Å². The maximum Gasteiger partial charge on any atom is 0.130 e. The molecule has 1 rings (SSSR count). The Morgan fingerprint density at radius 3 is 2.67 bits per heavy atom. The van der Waals surface area contributed by atoms with Gasteiger partial charge in [-0.1, -0.05) is 23.8 Å². The molecule has 1 heterocycles. The molecule has 0 saturated carbocycles. The highest BCUT2D eigenvalue weighted by atomic mass is 35.5. The highest BCUT2D eigenvalue weighted by Gasteiger charge is 2.11. The van der Waals surface area contributed by atoms with E-state index in [1.165, 1.54) is 0 Å². The molecule has 1 aromatic heterocycles. The molecule has 0 amide bonds. The van der Waals surface area contributed by atoms with Gasteiger partial charge in [-0.3, -0.25) is 4.68 Å². The van der Waals surface area contributed by atoms with E-state index in [1.54, 1.807) is 11.7 Å². The van der Waals surface area contributed by atoms with E-state index in [2.05, 4.69) is 5.10 Å². The first-order valence-electron chi connectivity index (χ1n) is 3.48. The molecule has 1 aromatic rings. The second-order valence-electron chi connectivity index (χ2n) is 2.62. The number of halogens is 1. The van der Waals surface area contributed by atoms with Crippen LogP contribution in [0, 0.1) is 6.92 Å². The normalized spacial score (nSPS) is 10.2. The van der Waals surface area contributed by atoms with Gasteiger partial charge in [0.25, 0.3) is 0 Å². The van der Waals surface area contributed by atoms with E-state index in [1.807, 2.05) is 6.92 Å². The summed E-state index contributed by atoms with van der Waals surface area (Å²) in [5.74, 6) is 0. The molecule has 0 unspecified atom stereocenters. The van der Waals surface area contributed by atoms with Gasteiger partial charge in [0.2, 0.25) is 0 Å². The van der Waals surface area contributed by atoms with Crippen LogP contribution in [-0.2, 0) is 13.5 Å². The maximum atomic E-state index is 5.94. The van der Waals surface area contributed by atoms with Crippen LogP contribution < -0.4 is 5.73 Å². The smallest absolute Gasteiger partial charge is 0.130 e. The van der Waals surface area contributed by atoms with Gasteiger partial charge >= 0.3 is 0 Å². The number of nitrogens with two attached hydrogens (primary N) is 1. The van der Waals surface area contributed by atoms with Gasteiger partial charge in [-0.05, 0) is 6.92 Å². The Morgan fingerprint density at radius 1 is 1.75 bits per heavy atom. The molecule has 5 heteroatoms. The number of nitrogens with zero attached hydrogens (tertiary/aromatic N) is 2. The van der Waals surface area contributed by atoms with Gasteiger partial charge in [-0.15, -0.1) is 0 Å². The largest absolute Gasteiger partial charge is 0.393 e. The average Bonchev–Trinajstić information content (AvgIpc) is 2.16. The minimum absolute atomic E-state index is 0.438. The van der Waals surface area contributed by atoms with Crippen molar-refractivity contribution in [2.45, 2.75) is 13.3 Å². The summed E-state index contributed by atoms with van der Waals surface area (Å²) in [6.07, 6.45) is 0.522. The lowest BCUT2D eigenvalue weighted by molar-refractivity contribution is 0.757. The van der Waals surface area contributed by atoms with Crippen LogP contribution in [0.1, 0.15) is 11.3 Å². The molecule has 0 aliphatic rings. The zero-order valence-corrected chi connectivity index (χ0v) is 8.54. The molecule has 0 atom stereocenters. The standard InChI is InChI=1S/C7H10ClN3S/c1-4-5(3-6(9)12)7(8)11(2)10-4/h3H2,1-2H3,(H2,9,12). The molecule has 3 nitrogen and oxygen atoms in total. The molecule has 0 saturated heterocycles. The molecule has 66 valence electrons. The third-order valence-corrected chi connectivity index (χ3v) is 2.24. The number of hydrogen-bond acceptors (Lipinski definition) is 2. The molecule has 0 fully saturated rings. The van der Waals surface area contributed by atoms with Gasteiger partial charge in [-0.25, -0.2) is 0 Å². The summed E-state index contributed by atoms with van der Waals surface area (Å²) in [4.78, 5) is 0.438. The van der Waals surface area contributed by atoms with Crippen LogP contribution in [-0.4, -0.2) is 14.8 Å². The summed E-state index contributed by atoms with van der Waals surface area (Å²) in [6, 6.07) is 0. The average molecular weight is 204 g/mol. The number of thiocarbonyl (C=S) groups is 1. The molecule has 0 bridgehead atoms. The first kappa shape index (κ1) is 9.48. The van der Waals surface area contributed by atoms with Gasteiger partial charge in [0, 0.05) is 19.0 Å². The van der Waals surface area contributed by atoms with E-state index in [9.17, 15) is 0 Å². The van der Waals surface area contributed by atoms with Crippen molar-refractivity contribution in [1.29, 1.82) is 0 Å². The van der Waals surface area contributed by atoms with Crippen molar-refractivity contribution < 1.29 is 0 Å². The van der Waals surface area contributed by atoms with Crippen molar-refractivity contribution in [3.8, 4) is 0 Å². The summed E-state index contributed by atoms with van der Waals surface area (Å²) in [6.45, 7) is 1.89. The van der Waals surface area contributed by atoms with E-state index >= 15 is 0 Å². The molecule has 0 aromatic carbocycles. The summed E-state index contributed by atoms with van der Waals surface area (Å²) in [5.41, 5.74) is 7.21. The Labute approximate surface area is 81.5 Å². The molecule has 0 spiro atoms. The highest BCUT2D eigenvalue weighted by molar-refractivity contribution is 7.80. The predicted octanol–water partition coefficient (Wildman–Crippen LogP) is 1.21. The topological polar surface area (TPSA) is 43.8 Å². The van der Waals surface area contributed by atoms with Crippen LogP contribution >= 0.6 is 23.8 Å². The first-order chi connectivity index (χ1) is 5.52. The van der Waals surface area contributed by atoms with E-state index in [-0.39, 0.29) is 0 Å². The third-order valence-electron chi connectivity index (χ3n) is 1.62. The molecule has 12 heavy (non-hydrogen) atoms. The fourth-order valence-corrected chi connectivity index (χ4v) is 1.43. The second kappa shape index (κ2) is 3.41. The lowest BCUT2D eigenvalue weighted by Crippen LogP contribution is -2.11. The number of aryl methyl sites for hydroxylation is 2. The molecular weight excluding hydrogens is 194 g/mol. The zero-order valence-electron chi connectivity index (χ0n) is 6.97. The molecule has 0 aliphatic heterocycles. The van der Waals surface area contributed by atoms with Crippen LogP contribution in [0.5, 0.6) is 0 Å². The lowest BCUT2D eigenvalue weighted by atomic mass is 10.2. The molecular formula is C7H10ClN3S. The lowest BCUT2D eigenvalue weighted by Gasteiger charge is -1.97. The second-order valence-corrected chi connectivity index (χ2v) is 3.50. The Balaban J connectivity index is 3.05. The molecule has 0 aliphatic carbocycles. The van der Waals surface area contributed by atoms with E-state index in [0.717, 1.165) is 11.3 Å². The van der Waals surface area contributed by atoms with Gasteiger partial charge in [0.1, 0.15) is 5.15 Å². The van der Waals surface area contributed by atoms with Crippen molar-refractivity contribution in [1.82, 2.24) is 9.78 Å². The minimum atomic E-state index is 0.438. The van der Waals surface area contributed by atoms with Gasteiger partial charge < -0.3 is 5.73 Å². The Hall–Kier alpha value is -0.610. The molecule has 2 N–H and O–H groups in total. The third kappa shape index (κ3) is 1.76. The predicted molar refractivity (Wildman–Crippen MR) is 53.4 cm³/mol.